The highest BCUT2D eigenvalue weighted by atomic mass is 32.2. The van der Waals surface area contributed by atoms with Gasteiger partial charge in [0.1, 0.15) is 15.9 Å². The molecule has 10 heteroatoms. The second-order valence-corrected chi connectivity index (χ2v) is 9.14. The zero-order valence-electron chi connectivity index (χ0n) is 18.8. The van der Waals surface area contributed by atoms with Gasteiger partial charge in [-0.25, -0.2) is 9.78 Å². The smallest absolute Gasteiger partial charge is 0.337 e. The van der Waals surface area contributed by atoms with Crippen LogP contribution in [0.1, 0.15) is 22.8 Å². The molecule has 4 rings (SSSR count). The molecule has 0 saturated heterocycles. The fraction of sp³-hybridized carbons (Fsp3) is 0.208. The van der Waals surface area contributed by atoms with Crippen LogP contribution in [0.4, 0.5) is 5.69 Å². The summed E-state index contributed by atoms with van der Waals surface area (Å²) in [6, 6.07) is 14.3. The molecule has 2 heterocycles. The average Bonchev–Trinajstić information content (AvgIpc) is 3.27. The van der Waals surface area contributed by atoms with E-state index in [0.717, 1.165) is 22.7 Å². The lowest BCUT2D eigenvalue weighted by Gasteiger charge is -2.10. The molecule has 0 aliphatic heterocycles. The van der Waals surface area contributed by atoms with Crippen LogP contribution < -0.4 is 10.9 Å². The van der Waals surface area contributed by atoms with Crippen molar-refractivity contribution in [2.24, 2.45) is 0 Å². The van der Waals surface area contributed by atoms with Crippen molar-refractivity contribution in [3.05, 3.63) is 70.0 Å². The molecule has 0 spiro atoms. The van der Waals surface area contributed by atoms with E-state index >= 15 is 0 Å². The molecule has 34 heavy (non-hydrogen) atoms. The number of benzene rings is 2. The summed E-state index contributed by atoms with van der Waals surface area (Å²) >= 11 is 2.33. The standard InChI is InChI=1S/C24H22N4O4S2/c1-4-28-22(30)21-20(19(27-34-21)15-7-5-14(2)6-8-15)26-24(28)33-13-18(29)25-17-11-9-16(10-12-17)23(31)32-3/h5-12H,4,13H2,1-3H3,(H,25,29). The predicted molar refractivity (Wildman–Crippen MR) is 135 cm³/mol. The lowest BCUT2D eigenvalue weighted by atomic mass is 10.1. The fourth-order valence-electron chi connectivity index (χ4n) is 3.32. The molecule has 0 aliphatic rings. The molecule has 0 aliphatic carbocycles. The van der Waals surface area contributed by atoms with Crippen molar-refractivity contribution in [2.75, 3.05) is 18.2 Å². The minimum absolute atomic E-state index is 0.0636. The van der Waals surface area contributed by atoms with Gasteiger partial charge in [-0.1, -0.05) is 41.6 Å². The Morgan fingerprint density at radius 1 is 1.12 bits per heavy atom. The third-order valence-electron chi connectivity index (χ3n) is 5.11. The van der Waals surface area contributed by atoms with Crippen LogP contribution in [0.2, 0.25) is 0 Å². The van der Waals surface area contributed by atoms with Crippen molar-refractivity contribution in [3.63, 3.8) is 0 Å². The van der Waals surface area contributed by atoms with Crippen LogP contribution in [0.5, 0.6) is 0 Å². The van der Waals surface area contributed by atoms with Crippen molar-refractivity contribution < 1.29 is 14.3 Å². The molecule has 0 saturated carbocycles. The second kappa shape index (κ2) is 10.2. The van der Waals surface area contributed by atoms with Gasteiger partial charge in [0.25, 0.3) is 5.56 Å². The zero-order chi connectivity index (χ0) is 24.2. The van der Waals surface area contributed by atoms with Crippen LogP contribution in [-0.4, -0.2) is 38.7 Å². The number of nitrogens with one attached hydrogen (secondary N) is 1. The molecule has 174 valence electrons. The molecule has 0 atom stereocenters. The van der Waals surface area contributed by atoms with E-state index in [2.05, 4.69) is 14.4 Å². The van der Waals surface area contributed by atoms with Crippen molar-refractivity contribution in [1.82, 2.24) is 13.9 Å². The summed E-state index contributed by atoms with van der Waals surface area (Å²) in [6.45, 7) is 4.30. The quantitative estimate of drug-likeness (QED) is 0.231. The van der Waals surface area contributed by atoms with Gasteiger partial charge in [0.15, 0.2) is 5.16 Å². The van der Waals surface area contributed by atoms with E-state index in [1.165, 1.54) is 18.9 Å². The Kier molecular flexibility index (Phi) is 7.09. The first kappa shape index (κ1) is 23.7. The van der Waals surface area contributed by atoms with Gasteiger partial charge < -0.3 is 10.1 Å². The van der Waals surface area contributed by atoms with E-state index in [0.29, 0.717) is 38.9 Å². The van der Waals surface area contributed by atoms with Crippen LogP contribution in [0.3, 0.4) is 0 Å². The molecule has 0 bridgehead atoms. The molecule has 1 amide bonds. The Labute approximate surface area is 204 Å². The monoisotopic (exact) mass is 494 g/mol. The van der Waals surface area contributed by atoms with Crippen LogP contribution in [-0.2, 0) is 16.1 Å². The van der Waals surface area contributed by atoms with Gasteiger partial charge in [-0.15, -0.1) is 0 Å². The van der Waals surface area contributed by atoms with Crippen molar-refractivity contribution in [3.8, 4) is 11.3 Å². The lowest BCUT2D eigenvalue weighted by Crippen LogP contribution is -2.23. The van der Waals surface area contributed by atoms with Gasteiger partial charge in [-0.2, -0.15) is 4.37 Å². The molecular weight excluding hydrogens is 472 g/mol. The van der Waals surface area contributed by atoms with E-state index in [-0.39, 0.29) is 17.2 Å². The van der Waals surface area contributed by atoms with E-state index in [1.807, 2.05) is 38.1 Å². The van der Waals surface area contributed by atoms with Crippen LogP contribution >= 0.6 is 23.3 Å². The normalized spacial score (nSPS) is 10.9. The maximum Gasteiger partial charge on any atom is 0.337 e. The summed E-state index contributed by atoms with van der Waals surface area (Å²) in [7, 11) is 1.31. The highest BCUT2D eigenvalue weighted by Gasteiger charge is 2.18. The summed E-state index contributed by atoms with van der Waals surface area (Å²) in [5, 5.41) is 3.25. The number of anilines is 1. The highest BCUT2D eigenvalue weighted by Crippen LogP contribution is 2.29. The van der Waals surface area contributed by atoms with Crippen molar-refractivity contribution >= 4 is 51.1 Å². The van der Waals surface area contributed by atoms with Gasteiger partial charge >= 0.3 is 5.97 Å². The Morgan fingerprint density at radius 2 is 1.82 bits per heavy atom. The zero-order valence-corrected chi connectivity index (χ0v) is 20.5. The summed E-state index contributed by atoms with van der Waals surface area (Å²) in [5.74, 6) is -0.635. The Morgan fingerprint density at radius 3 is 2.47 bits per heavy atom. The third-order valence-corrected chi connectivity index (χ3v) is 6.91. The second-order valence-electron chi connectivity index (χ2n) is 7.42. The van der Waals surface area contributed by atoms with Crippen LogP contribution in [0.25, 0.3) is 21.5 Å². The maximum absolute atomic E-state index is 13.1. The minimum Gasteiger partial charge on any atom is -0.465 e. The molecule has 8 nitrogen and oxygen atoms in total. The number of fused-ring (bicyclic) bond motifs is 1. The Hall–Kier alpha value is -3.50. The first-order valence-electron chi connectivity index (χ1n) is 10.5. The third kappa shape index (κ3) is 4.87. The van der Waals surface area contributed by atoms with Crippen molar-refractivity contribution in [2.45, 2.75) is 25.5 Å². The number of aryl methyl sites for hydroxylation is 1. The number of methoxy groups -OCH3 is 1. The number of esters is 1. The number of rotatable bonds is 7. The summed E-state index contributed by atoms with van der Waals surface area (Å²) < 4.78 is 11.2. The van der Waals surface area contributed by atoms with Gasteiger partial charge in [-0.05, 0) is 49.6 Å². The maximum atomic E-state index is 13.1. The number of aromatic nitrogens is 3. The Bertz CT molecular complexity index is 1410. The number of hydrogen-bond donors (Lipinski definition) is 1. The average molecular weight is 495 g/mol. The largest absolute Gasteiger partial charge is 0.465 e. The van der Waals surface area contributed by atoms with E-state index in [4.69, 9.17) is 4.98 Å². The summed E-state index contributed by atoms with van der Waals surface area (Å²) in [4.78, 5) is 41.9. The molecule has 2 aromatic heterocycles. The molecule has 1 N–H and O–H groups in total. The SMILES string of the molecule is CCn1c(SCC(=O)Nc2ccc(C(=O)OC)cc2)nc2c(-c3ccc(C)cc3)nsc2c1=O. The molecule has 0 fully saturated rings. The fourth-order valence-corrected chi connectivity index (χ4v) is 4.97. The van der Waals surface area contributed by atoms with Crippen LogP contribution in [0, 0.1) is 6.92 Å². The first-order chi connectivity index (χ1) is 16.4. The van der Waals surface area contributed by atoms with E-state index in [9.17, 15) is 14.4 Å². The van der Waals surface area contributed by atoms with Gasteiger partial charge in [0.05, 0.1) is 18.4 Å². The minimum atomic E-state index is -0.444. The molecule has 0 radical (unpaired) electrons. The van der Waals surface area contributed by atoms with Gasteiger partial charge in [-0.3, -0.25) is 14.2 Å². The molecular formula is C24H22N4O4S2. The summed E-state index contributed by atoms with van der Waals surface area (Å²) in [5.41, 5.74) is 4.02. The van der Waals surface area contributed by atoms with E-state index < -0.39 is 5.97 Å². The molecule has 2 aromatic carbocycles. The topological polar surface area (TPSA) is 103 Å². The van der Waals surface area contributed by atoms with E-state index in [1.54, 1.807) is 28.8 Å². The van der Waals surface area contributed by atoms with Gasteiger partial charge in [0.2, 0.25) is 5.91 Å². The number of carbonyl (C=O) groups excluding carboxylic acids is 2. The predicted octanol–water partition coefficient (Wildman–Crippen LogP) is 4.37. The summed E-state index contributed by atoms with van der Waals surface area (Å²) in [6.07, 6.45) is 0. The number of ether oxygens (including phenoxy) is 1. The van der Waals surface area contributed by atoms with Crippen molar-refractivity contribution in [1.29, 1.82) is 0 Å². The number of carbonyl (C=O) groups is 2. The number of thioether (sulfide) groups is 1. The number of hydrogen-bond acceptors (Lipinski definition) is 8. The van der Waals surface area contributed by atoms with Crippen LogP contribution in [0.15, 0.2) is 58.5 Å². The lowest BCUT2D eigenvalue weighted by molar-refractivity contribution is -0.113. The number of nitrogens with zero attached hydrogens (tertiary/aromatic N) is 3. The molecule has 0 unspecified atom stereocenters. The highest BCUT2D eigenvalue weighted by molar-refractivity contribution is 7.99. The van der Waals surface area contributed by atoms with Gasteiger partial charge in [0, 0.05) is 17.8 Å². The Balaban J connectivity index is 1.55. The first-order valence-corrected chi connectivity index (χ1v) is 12.3. The molecule has 4 aromatic rings. The number of amides is 1.